The van der Waals surface area contributed by atoms with Crippen LogP contribution in [0.5, 0.6) is 0 Å². The van der Waals surface area contributed by atoms with Crippen LogP contribution in [0.2, 0.25) is 0 Å². The highest BCUT2D eigenvalue weighted by atomic mass is 31.2. The second-order valence-corrected chi connectivity index (χ2v) is 32.0. The van der Waals surface area contributed by atoms with Gasteiger partial charge in [0, 0.05) is 25.7 Å². The van der Waals surface area contributed by atoms with E-state index in [9.17, 15) is 43.2 Å². The topological polar surface area (TPSA) is 237 Å². The lowest BCUT2D eigenvalue weighted by atomic mass is 10.0. The molecular weight excluding hydrogens is 1270 g/mol. The first kappa shape index (κ1) is 95.1. The van der Waals surface area contributed by atoms with Crippen LogP contribution in [-0.4, -0.2) is 96.7 Å². The normalized spacial score (nSPS) is 14.0. The molecule has 19 heteroatoms. The van der Waals surface area contributed by atoms with E-state index >= 15 is 0 Å². The molecule has 97 heavy (non-hydrogen) atoms. The molecule has 0 aliphatic carbocycles. The van der Waals surface area contributed by atoms with Gasteiger partial charge in [-0.1, -0.05) is 356 Å². The molecule has 0 amide bonds. The number of aliphatic hydroxyl groups excluding tert-OH is 1. The Balaban J connectivity index is 5.12. The van der Waals surface area contributed by atoms with Crippen molar-refractivity contribution >= 4 is 39.5 Å². The monoisotopic (exact) mass is 1420 g/mol. The number of unbranched alkanes of at least 4 members (excludes halogenated alkanes) is 47. The molecule has 0 aromatic heterocycles. The predicted molar refractivity (Wildman–Crippen MR) is 395 cm³/mol. The highest BCUT2D eigenvalue weighted by Crippen LogP contribution is 2.45. The molecule has 0 rings (SSSR count). The third kappa shape index (κ3) is 72.2. The lowest BCUT2D eigenvalue weighted by molar-refractivity contribution is -0.161. The molecule has 0 saturated carbocycles. The number of rotatable bonds is 77. The van der Waals surface area contributed by atoms with Gasteiger partial charge in [0.1, 0.15) is 19.3 Å². The van der Waals surface area contributed by atoms with E-state index in [0.29, 0.717) is 25.7 Å². The molecule has 0 saturated heterocycles. The Labute approximate surface area is 594 Å². The van der Waals surface area contributed by atoms with E-state index in [4.69, 9.17) is 37.0 Å². The van der Waals surface area contributed by atoms with Crippen molar-refractivity contribution < 1.29 is 80.2 Å². The van der Waals surface area contributed by atoms with Crippen molar-refractivity contribution in [1.82, 2.24) is 0 Å². The van der Waals surface area contributed by atoms with Crippen molar-refractivity contribution in [3.05, 3.63) is 0 Å². The summed E-state index contributed by atoms with van der Waals surface area (Å²) in [6.07, 6.45) is 58.7. The molecule has 0 radical (unpaired) electrons. The average molecular weight is 1420 g/mol. The Morgan fingerprint density at radius 2 is 0.474 bits per heavy atom. The number of ether oxygens (including phenoxy) is 4. The van der Waals surface area contributed by atoms with Gasteiger partial charge in [-0.15, -0.1) is 0 Å². The maximum atomic E-state index is 13.1. The van der Waals surface area contributed by atoms with E-state index < -0.39 is 97.5 Å². The number of carbonyl (C=O) groups is 4. The maximum Gasteiger partial charge on any atom is 0.472 e. The van der Waals surface area contributed by atoms with Gasteiger partial charge in [0.05, 0.1) is 26.4 Å². The molecule has 0 aromatic rings. The first-order valence-corrected chi connectivity index (χ1v) is 43.5. The summed E-state index contributed by atoms with van der Waals surface area (Å²) in [6.45, 7) is 9.57. The summed E-state index contributed by atoms with van der Waals surface area (Å²) in [5.41, 5.74) is 0. The summed E-state index contributed by atoms with van der Waals surface area (Å²) in [4.78, 5) is 72.6. The summed E-state index contributed by atoms with van der Waals surface area (Å²) in [7, 11) is -9.90. The molecule has 576 valence electrons. The summed E-state index contributed by atoms with van der Waals surface area (Å²) in [5.74, 6) is -0.526. The summed E-state index contributed by atoms with van der Waals surface area (Å²) >= 11 is 0. The highest BCUT2D eigenvalue weighted by molar-refractivity contribution is 7.47. The molecule has 0 heterocycles. The number of esters is 4. The van der Waals surface area contributed by atoms with E-state index in [0.717, 1.165) is 108 Å². The summed E-state index contributed by atoms with van der Waals surface area (Å²) < 4.78 is 68.4. The highest BCUT2D eigenvalue weighted by Gasteiger charge is 2.30. The largest absolute Gasteiger partial charge is 0.472 e. The fraction of sp³-hybridized carbons (Fsp3) is 0.949. The lowest BCUT2D eigenvalue weighted by Crippen LogP contribution is -2.30. The fourth-order valence-corrected chi connectivity index (χ4v) is 13.6. The van der Waals surface area contributed by atoms with Gasteiger partial charge in [0.2, 0.25) is 0 Å². The third-order valence-corrected chi connectivity index (χ3v) is 20.1. The molecule has 3 N–H and O–H groups in total. The molecule has 5 atom stereocenters. The Morgan fingerprint density at radius 3 is 0.701 bits per heavy atom. The number of carbonyl (C=O) groups excluding carboxylic acids is 4. The maximum absolute atomic E-state index is 13.1. The standard InChI is InChI=1S/C78H152O17P2/c1-7-9-11-13-14-15-16-17-18-24-27-33-38-43-49-55-61-76(81)89-67-74(95-78(83)63-56-50-44-39-34-28-25-22-20-19-21-23-26-31-36-41-47-52-58-70(3)4)69-93-97(86,87)91-65-72(79)64-90-96(84,85)92-68-73(66-88-75(80)60-54-46-12-10-8-2)94-77(82)62-57-51-45-40-35-30-29-32-37-42-48-53-59-71(5)6/h70-74,79H,7-69H2,1-6H3,(H,84,85)(H,86,87)/t72-,73+,74+/m0/s1. The fourth-order valence-electron chi connectivity index (χ4n) is 12.0. The van der Waals surface area contributed by atoms with Crippen LogP contribution in [0, 0.1) is 11.8 Å². The summed E-state index contributed by atoms with van der Waals surface area (Å²) in [6, 6.07) is 0. The minimum atomic E-state index is -4.96. The third-order valence-electron chi connectivity index (χ3n) is 18.2. The summed E-state index contributed by atoms with van der Waals surface area (Å²) in [5, 5.41) is 10.6. The van der Waals surface area contributed by atoms with Gasteiger partial charge in [-0.25, -0.2) is 9.13 Å². The first-order chi connectivity index (χ1) is 46.9. The van der Waals surface area contributed by atoms with Gasteiger partial charge < -0.3 is 33.8 Å². The number of hydrogen-bond donors (Lipinski definition) is 3. The van der Waals surface area contributed by atoms with Crippen LogP contribution in [0.25, 0.3) is 0 Å². The minimum absolute atomic E-state index is 0.106. The Kier molecular flexibility index (Phi) is 68.4. The van der Waals surface area contributed by atoms with Crippen LogP contribution in [0.3, 0.4) is 0 Å². The van der Waals surface area contributed by atoms with Crippen LogP contribution >= 0.6 is 15.6 Å². The SMILES string of the molecule is CCCCCCCCCCCCCCCCCCC(=O)OC[C@H](COP(=O)(O)OC[C@@H](O)COP(=O)(O)OC[C@@H](COC(=O)CCCCCCC)OC(=O)CCCCCCCCCCCCCCC(C)C)OC(=O)CCCCCCCCCCCCCCCCCCCCC(C)C. The Hall–Kier alpha value is -1.94. The van der Waals surface area contributed by atoms with E-state index in [1.807, 2.05) is 0 Å². The van der Waals surface area contributed by atoms with Crippen LogP contribution in [0.1, 0.15) is 408 Å². The second kappa shape index (κ2) is 69.8. The zero-order valence-corrected chi connectivity index (χ0v) is 65.2. The Morgan fingerprint density at radius 1 is 0.278 bits per heavy atom. The molecule has 0 aliphatic rings. The van der Waals surface area contributed by atoms with Crippen molar-refractivity contribution in [3.8, 4) is 0 Å². The minimum Gasteiger partial charge on any atom is -0.462 e. The molecular formula is C78H152O17P2. The van der Waals surface area contributed by atoms with Gasteiger partial charge in [-0.3, -0.25) is 37.3 Å². The van der Waals surface area contributed by atoms with E-state index in [2.05, 4.69) is 41.5 Å². The van der Waals surface area contributed by atoms with Crippen molar-refractivity contribution in [3.63, 3.8) is 0 Å². The number of phosphoric acid groups is 2. The number of phosphoric ester groups is 2. The zero-order valence-electron chi connectivity index (χ0n) is 63.4. The van der Waals surface area contributed by atoms with Gasteiger partial charge >= 0.3 is 39.5 Å². The van der Waals surface area contributed by atoms with Gasteiger partial charge in [0.15, 0.2) is 12.2 Å². The van der Waals surface area contributed by atoms with Gasteiger partial charge in [-0.05, 0) is 37.5 Å². The lowest BCUT2D eigenvalue weighted by Gasteiger charge is -2.21. The number of aliphatic hydroxyl groups is 1. The van der Waals surface area contributed by atoms with Gasteiger partial charge in [0.25, 0.3) is 0 Å². The molecule has 0 bridgehead atoms. The van der Waals surface area contributed by atoms with Crippen LogP contribution < -0.4 is 0 Å². The van der Waals surface area contributed by atoms with Crippen LogP contribution in [0.15, 0.2) is 0 Å². The first-order valence-electron chi connectivity index (χ1n) is 40.5. The predicted octanol–water partition coefficient (Wildman–Crippen LogP) is 23.1. The number of hydrogen-bond acceptors (Lipinski definition) is 15. The van der Waals surface area contributed by atoms with E-state index in [1.54, 1.807) is 0 Å². The quantitative estimate of drug-likeness (QED) is 0.0222. The smallest absolute Gasteiger partial charge is 0.462 e. The van der Waals surface area contributed by atoms with Crippen LogP contribution in [-0.2, 0) is 65.4 Å². The average Bonchev–Trinajstić information content (AvgIpc) is 1.67. The van der Waals surface area contributed by atoms with Crippen molar-refractivity contribution in [2.24, 2.45) is 11.8 Å². The van der Waals surface area contributed by atoms with Crippen LogP contribution in [0.4, 0.5) is 0 Å². The van der Waals surface area contributed by atoms with Crippen molar-refractivity contribution in [2.45, 2.75) is 426 Å². The molecule has 0 fully saturated rings. The molecule has 0 aromatic carbocycles. The van der Waals surface area contributed by atoms with Crippen molar-refractivity contribution in [2.75, 3.05) is 39.6 Å². The van der Waals surface area contributed by atoms with Gasteiger partial charge in [-0.2, -0.15) is 0 Å². The molecule has 0 aliphatic heterocycles. The molecule has 2 unspecified atom stereocenters. The second-order valence-electron chi connectivity index (χ2n) is 29.1. The Bertz CT molecular complexity index is 1870. The molecule has 17 nitrogen and oxygen atoms in total. The molecule has 0 spiro atoms. The zero-order chi connectivity index (χ0) is 71.4. The van der Waals surface area contributed by atoms with E-state index in [-0.39, 0.29) is 25.7 Å². The van der Waals surface area contributed by atoms with E-state index in [1.165, 1.54) is 218 Å². The van der Waals surface area contributed by atoms with Crippen molar-refractivity contribution in [1.29, 1.82) is 0 Å².